The number of ether oxygens (including phenoxy) is 1. The van der Waals surface area contributed by atoms with Gasteiger partial charge in [-0.15, -0.1) is 0 Å². The maximum absolute atomic E-state index is 6.10. The summed E-state index contributed by atoms with van der Waals surface area (Å²) in [5, 5.41) is 1.41. The molecular weight excluding hydrogens is 340 g/mol. The van der Waals surface area contributed by atoms with E-state index in [4.69, 9.17) is 4.74 Å². The van der Waals surface area contributed by atoms with E-state index >= 15 is 0 Å². The highest BCUT2D eigenvalue weighted by atomic mass is 79.9. The van der Waals surface area contributed by atoms with Crippen molar-refractivity contribution >= 4 is 31.4 Å². The first-order valence-corrected chi connectivity index (χ1v) is 10.1. The molecule has 0 radical (unpaired) electrons. The first-order valence-electron chi connectivity index (χ1n) is 8.30. The molecule has 0 aliphatic rings. The van der Waals surface area contributed by atoms with Crippen LogP contribution in [-0.2, 0) is 5.41 Å². The zero-order valence-electron chi connectivity index (χ0n) is 14.4. The number of hydrogen-bond acceptors (Lipinski definition) is 1. The Morgan fingerprint density at radius 3 is 2.29 bits per heavy atom. The van der Waals surface area contributed by atoms with Gasteiger partial charge in [0.2, 0.25) is 0 Å². The third-order valence-corrected chi connectivity index (χ3v) is 5.53. The van der Waals surface area contributed by atoms with Crippen LogP contribution in [0.2, 0.25) is 0 Å². The summed E-state index contributed by atoms with van der Waals surface area (Å²) in [6, 6.07) is 4.38. The van der Waals surface area contributed by atoms with Crippen LogP contribution in [0, 0.1) is 0 Å². The Kier molecular flexibility index (Phi) is 8.03. The van der Waals surface area contributed by atoms with E-state index in [1.807, 2.05) is 0 Å². The third kappa shape index (κ3) is 6.15. The van der Waals surface area contributed by atoms with Gasteiger partial charge in [0, 0.05) is 10.2 Å². The standard InChI is InChI=1S/C18H31BrOSi/c1-5-6-7-8-9-10-13-20-16-15(19)12-11-14(17(16)21)18(2,3)4/h11-12H,5-10,13H2,1-4,21H3. The van der Waals surface area contributed by atoms with Crippen molar-refractivity contribution < 1.29 is 4.74 Å². The summed E-state index contributed by atoms with van der Waals surface area (Å²) < 4.78 is 7.20. The lowest BCUT2D eigenvalue weighted by atomic mass is 9.87. The molecule has 0 saturated carbocycles. The van der Waals surface area contributed by atoms with Crippen molar-refractivity contribution in [2.24, 2.45) is 0 Å². The largest absolute Gasteiger partial charge is 0.493 e. The molecule has 0 aliphatic heterocycles. The maximum Gasteiger partial charge on any atom is 0.131 e. The molecule has 1 nitrogen and oxygen atoms in total. The van der Waals surface area contributed by atoms with Gasteiger partial charge in [-0.3, -0.25) is 0 Å². The van der Waals surface area contributed by atoms with Gasteiger partial charge in [0.05, 0.1) is 11.1 Å². The number of unbranched alkanes of at least 4 members (excludes halogenated alkanes) is 5. The van der Waals surface area contributed by atoms with E-state index in [0.29, 0.717) is 0 Å². The van der Waals surface area contributed by atoms with Gasteiger partial charge in [-0.25, -0.2) is 0 Å². The smallest absolute Gasteiger partial charge is 0.131 e. The number of halogens is 1. The van der Waals surface area contributed by atoms with Crippen LogP contribution < -0.4 is 9.92 Å². The Morgan fingerprint density at radius 1 is 1.05 bits per heavy atom. The second-order valence-electron chi connectivity index (χ2n) is 6.92. The molecular formula is C18H31BrOSi. The predicted octanol–water partition coefficient (Wildman–Crippen LogP) is 4.48. The van der Waals surface area contributed by atoms with Crippen LogP contribution in [0.25, 0.3) is 0 Å². The predicted molar refractivity (Wildman–Crippen MR) is 101 cm³/mol. The van der Waals surface area contributed by atoms with Crippen LogP contribution >= 0.6 is 15.9 Å². The van der Waals surface area contributed by atoms with Crippen LogP contribution in [0.3, 0.4) is 0 Å². The monoisotopic (exact) mass is 370 g/mol. The Hall–Kier alpha value is -0.283. The molecule has 1 aromatic carbocycles. The number of benzene rings is 1. The van der Waals surface area contributed by atoms with E-state index in [9.17, 15) is 0 Å². The average molecular weight is 371 g/mol. The van der Waals surface area contributed by atoms with E-state index < -0.39 is 0 Å². The molecule has 3 heteroatoms. The molecule has 0 atom stereocenters. The Labute approximate surface area is 142 Å². The van der Waals surface area contributed by atoms with Crippen LogP contribution in [0.4, 0.5) is 0 Å². The lowest BCUT2D eigenvalue weighted by Gasteiger charge is -2.24. The molecule has 0 aliphatic carbocycles. The fraction of sp³-hybridized carbons (Fsp3) is 0.667. The first kappa shape index (κ1) is 18.8. The van der Waals surface area contributed by atoms with E-state index in [1.54, 1.807) is 0 Å². The number of hydrogen-bond donors (Lipinski definition) is 0. The summed E-state index contributed by atoms with van der Waals surface area (Å²) in [4.78, 5) is 0. The van der Waals surface area contributed by atoms with Gasteiger partial charge in [-0.2, -0.15) is 0 Å². The zero-order chi connectivity index (χ0) is 15.9. The topological polar surface area (TPSA) is 9.23 Å². The molecule has 0 spiro atoms. The summed E-state index contributed by atoms with van der Waals surface area (Å²) in [5.74, 6) is 1.09. The second kappa shape index (κ2) is 8.99. The van der Waals surface area contributed by atoms with Crippen molar-refractivity contribution in [3.05, 3.63) is 22.2 Å². The first-order chi connectivity index (χ1) is 9.88. The van der Waals surface area contributed by atoms with Crippen LogP contribution in [-0.4, -0.2) is 16.8 Å². The summed E-state index contributed by atoms with van der Waals surface area (Å²) >= 11 is 3.65. The van der Waals surface area contributed by atoms with E-state index in [0.717, 1.165) is 33.5 Å². The van der Waals surface area contributed by atoms with E-state index in [1.165, 1.54) is 42.9 Å². The van der Waals surface area contributed by atoms with Gasteiger partial charge in [0.1, 0.15) is 5.75 Å². The minimum absolute atomic E-state index is 0.191. The van der Waals surface area contributed by atoms with Crippen LogP contribution in [0.1, 0.15) is 71.8 Å². The Bertz CT molecular complexity index is 438. The average Bonchev–Trinajstić information content (AvgIpc) is 2.39. The molecule has 0 N–H and O–H groups in total. The number of rotatable bonds is 8. The highest BCUT2D eigenvalue weighted by Gasteiger charge is 2.19. The summed E-state index contributed by atoms with van der Waals surface area (Å²) in [6.45, 7) is 9.92. The van der Waals surface area contributed by atoms with Crippen molar-refractivity contribution in [2.45, 2.75) is 71.6 Å². The fourth-order valence-corrected chi connectivity index (χ4v) is 4.95. The van der Waals surface area contributed by atoms with Crippen molar-refractivity contribution in [1.29, 1.82) is 0 Å². The van der Waals surface area contributed by atoms with Crippen LogP contribution in [0.15, 0.2) is 16.6 Å². The summed E-state index contributed by atoms with van der Waals surface area (Å²) in [5.41, 5.74) is 1.62. The van der Waals surface area contributed by atoms with Gasteiger partial charge in [0.15, 0.2) is 0 Å². The fourth-order valence-electron chi connectivity index (χ4n) is 2.70. The van der Waals surface area contributed by atoms with Gasteiger partial charge in [-0.05, 0) is 44.6 Å². The van der Waals surface area contributed by atoms with Crippen molar-refractivity contribution in [3.8, 4) is 5.75 Å². The van der Waals surface area contributed by atoms with Gasteiger partial charge >= 0.3 is 0 Å². The summed E-state index contributed by atoms with van der Waals surface area (Å²) in [7, 11) is 1.02. The van der Waals surface area contributed by atoms with Gasteiger partial charge in [-0.1, -0.05) is 65.9 Å². The molecule has 0 heterocycles. The van der Waals surface area contributed by atoms with Gasteiger partial charge in [0.25, 0.3) is 0 Å². The normalized spacial score (nSPS) is 11.9. The molecule has 0 amide bonds. The molecule has 0 aromatic heterocycles. The molecule has 1 aromatic rings. The Balaban J connectivity index is 2.55. The molecule has 21 heavy (non-hydrogen) atoms. The quantitative estimate of drug-likeness (QED) is 0.484. The maximum atomic E-state index is 6.10. The van der Waals surface area contributed by atoms with Crippen molar-refractivity contribution in [3.63, 3.8) is 0 Å². The molecule has 1 rings (SSSR count). The lowest BCUT2D eigenvalue weighted by molar-refractivity contribution is 0.304. The third-order valence-electron chi connectivity index (χ3n) is 3.91. The SMILES string of the molecule is CCCCCCCCOc1c(Br)ccc(C(C)(C)C)c1[SiH3]. The molecule has 0 unspecified atom stereocenters. The minimum Gasteiger partial charge on any atom is -0.493 e. The minimum atomic E-state index is 0.191. The van der Waals surface area contributed by atoms with Gasteiger partial charge < -0.3 is 4.74 Å². The molecule has 120 valence electrons. The molecule has 0 saturated heterocycles. The summed E-state index contributed by atoms with van der Waals surface area (Å²) in [6.07, 6.45) is 7.83. The highest BCUT2D eigenvalue weighted by Crippen LogP contribution is 2.29. The highest BCUT2D eigenvalue weighted by molar-refractivity contribution is 9.10. The molecule has 0 fully saturated rings. The second-order valence-corrected chi connectivity index (χ2v) is 8.77. The van der Waals surface area contributed by atoms with Crippen molar-refractivity contribution in [2.75, 3.05) is 6.61 Å². The van der Waals surface area contributed by atoms with E-state index in [-0.39, 0.29) is 5.41 Å². The zero-order valence-corrected chi connectivity index (χ0v) is 18.0. The van der Waals surface area contributed by atoms with E-state index in [2.05, 4.69) is 55.8 Å². The Morgan fingerprint density at radius 2 is 1.67 bits per heavy atom. The lowest BCUT2D eigenvalue weighted by Crippen LogP contribution is -2.25. The molecule has 0 bridgehead atoms. The van der Waals surface area contributed by atoms with Crippen molar-refractivity contribution in [1.82, 2.24) is 0 Å². The van der Waals surface area contributed by atoms with Crippen LogP contribution in [0.5, 0.6) is 5.75 Å².